The van der Waals surface area contributed by atoms with Gasteiger partial charge in [0, 0.05) is 15.1 Å². The maximum atomic E-state index is 6.29. The van der Waals surface area contributed by atoms with Crippen molar-refractivity contribution in [1.82, 2.24) is 5.16 Å². The topological polar surface area (TPSA) is 52.0 Å². The molecule has 2 N–H and O–H groups in total. The van der Waals surface area contributed by atoms with Crippen LogP contribution in [-0.2, 0) is 0 Å². The van der Waals surface area contributed by atoms with Crippen molar-refractivity contribution in [3.63, 3.8) is 0 Å². The number of nitrogens with zero attached hydrogens (tertiary/aromatic N) is 1. The second kappa shape index (κ2) is 5.72. The Bertz CT molecular complexity index is 817. The lowest BCUT2D eigenvalue weighted by atomic mass is 10.0. The molecular weight excluding hydrogens is 375 g/mol. The summed E-state index contributed by atoms with van der Waals surface area (Å²) in [5, 5.41) is 5.21. The van der Waals surface area contributed by atoms with Crippen molar-refractivity contribution < 1.29 is 4.52 Å². The highest BCUT2D eigenvalue weighted by molar-refractivity contribution is 9.10. The molecule has 0 unspecified atom stereocenters. The maximum Gasteiger partial charge on any atom is 0.230 e. The molecular formula is C15H9BrCl2N2O. The third kappa shape index (κ3) is 2.79. The quantitative estimate of drug-likeness (QED) is 0.621. The number of aromatic nitrogens is 1. The lowest BCUT2D eigenvalue weighted by molar-refractivity contribution is 0.439. The molecule has 0 saturated heterocycles. The van der Waals surface area contributed by atoms with Crippen LogP contribution < -0.4 is 5.73 Å². The predicted octanol–water partition coefficient (Wildman–Crippen LogP) is 5.66. The summed E-state index contributed by atoms with van der Waals surface area (Å²) in [4.78, 5) is 0. The average molecular weight is 384 g/mol. The Morgan fingerprint density at radius 1 is 1.10 bits per heavy atom. The molecule has 3 aromatic rings. The number of anilines is 1. The first kappa shape index (κ1) is 14.4. The van der Waals surface area contributed by atoms with Crippen LogP contribution in [0.25, 0.3) is 22.4 Å². The molecule has 0 bridgehead atoms. The van der Waals surface area contributed by atoms with Gasteiger partial charge in [-0.15, -0.1) is 0 Å². The van der Waals surface area contributed by atoms with E-state index in [1.807, 2.05) is 24.3 Å². The summed E-state index contributed by atoms with van der Waals surface area (Å²) in [6, 6.07) is 12.9. The molecule has 0 amide bonds. The van der Waals surface area contributed by atoms with Gasteiger partial charge in [0.2, 0.25) is 5.88 Å². The Balaban J connectivity index is 2.22. The Kier molecular flexibility index (Phi) is 3.93. The highest BCUT2D eigenvalue weighted by atomic mass is 79.9. The molecule has 106 valence electrons. The minimum atomic E-state index is 0.228. The number of halogens is 3. The van der Waals surface area contributed by atoms with Crippen LogP contribution in [0, 0.1) is 0 Å². The van der Waals surface area contributed by atoms with Gasteiger partial charge in [-0.2, -0.15) is 0 Å². The fourth-order valence-electron chi connectivity index (χ4n) is 2.09. The summed E-state index contributed by atoms with van der Waals surface area (Å²) in [6.07, 6.45) is 0. The number of nitrogens with two attached hydrogens (primary N) is 1. The van der Waals surface area contributed by atoms with E-state index in [1.54, 1.807) is 18.2 Å². The first-order chi connectivity index (χ1) is 10.1. The standard InChI is InChI=1S/C15H9BrCl2N2O/c16-9-4-5-11(12(18)7-9)14-13(15(19)21-20-14)8-2-1-3-10(17)6-8/h1-7H,19H2. The van der Waals surface area contributed by atoms with Crippen molar-refractivity contribution in [2.24, 2.45) is 0 Å². The molecule has 3 nitrogen and oxygen atoms in total. The van der Waals surface area contributed by atoms with E-state index in [0.717, 1.165) is 15.6 Å². The van der Waals surface area contributed by atoms with Crippen LogP contribution in [0.5, 0.6) is 0 Å². The summed E-state index contributed by atoms with van der Waals surface area (Å²) in [6.45, 7) is 0. The first-order valence-corrected chi connectivity index (χ1v) is 7.57. The van der Waals surface area contributed by atoms with Gasteiger partial charge < -0.3 is 10.3 Å². The Labute approximate surface area is 139 Å². The van der Waals surface area contributed by atoms with Gasteiger partial charge in [-0.3, -0.25) is 0 Å². The van der Waals surface area contributed by atoms with E-state index in [9.17, 15) is 0 Å². The molecule has 2 aromatic carbocycles. The lowest BCUT2D eigenvalue weighted by Gasteiger charge is -2.05. The number of benzene rings is 2. The van der Waals surface area contributed by atoms with Gasteiger partial charge in [-0.25, -0.2) is 0 Å². The van der Waals surface area contributed by atoms with Gasteiger partial charge in [-0.1, -0.05) is 62.5 Å². The number of rotatable bonds is 2. The highest BCUT2D eigenvalue weighted by Gasteiger charge is 2.19. The highest BCUT2D eigenvalue weighted by Crippen LogP contribution is 2.40. The van der Waals surface area contributed by atoms with Crippen LogP contribution in [0.3, 0.4) is 0 Å². The van der Waals surface area contributed by atoms with Gasteiger partial charge in [0.05, 0.1) is 10.6 Å². The Hall–Kier alpha value is -1.49. The molecule has 1 heterocycles. The molecule has 0 radical (unpaired) electrons. The minimum Gasteiger partial charge on any atom is -0.367 e. The van der Waals surface area contributed by atoms with E-state index in [-0.39, 0.29) is 5.88 Å². The summed E-state index contributed by atoms with van der Waals surface area (Å²) >= 11 is 15.7. The molecule has 0 aliphatic rings. The fraction of sp³-hybridized carbons (Fsp3) is 0. The van der Waals surface area contributed by atoms with Crippen molar-refractivity contribution in [2.45, 2.75) is 0 Å². The van der Waals surface area contributed by atoms with E-state index in [1.165, 1.54) is 0 Å². The van der Waals surface area contributed by atoms with Crippen LogP contribution in [0.4, 0.5) is 5.88 Å². The Morgan fingerprint density at radius 3 is 2.62 bits per heavy atom. The van der Waals surface area contributed by atoms with E-state index >= 15 is 0 Å². The van der Waals surface area contributed by atoms with E-state index in [0.29, 0.717) is 21.3 Å². The third-order valence-corrected chi connectivity index (χ3v) is 4.06. The molecule has 0 fully saturated rings. The van der Waals surface area contributed by atoms with E-state index in [2.05, 4.69) is 21.1 Å². The van der Waals surface area contributed by atoms with Crippen LogP contribution >= 0.6 is 39.1 Å². The zero-order chi connectivity index (χ0) is 15.0. The van der Waals surface area contributed by atoms with Crippen molar-refractivity contribution in [3.05, 3.63) is 57.0 Å². The summed E-state index contributed by atoms with van der Waals surface area (Å²) in [7, 11) is 0. The smallest absolute Gasteiger partial charge is 0.230 e. The van der Waals surface area contributed by atoms with E-state index in [4.69, 9.17) is 33.5 Å². The van der Waals surface area contributed by atoms with Gasteiger partial charge >= 0.3 is 0 Å². The first-order valence-electron chi connectivity index (χ1n) is 6.03. The number of nitrogen functional groups attached to an aromatic ring is 1. The van der Waals surface area contributed by atoms with Crippen LogP contribution in [0.2, 0.25) is 10.0 Å². The third-order valence-electron chi connectivity index (χ3n) is 3.02. The molecule has 21 heavy (non-hydrogen) atoms. The molecule has 0 aliphatic carbocycles. The zero-order valence-corrected chi connectivity index (χ0v) is 13.7. The Morgan fingerprint density at radius 2 is 1.90 bits per heavy atom. The average Bonchev–Trinajstić information content (AvgIpc) is 2.80. The summed E-state index contributed by atoms with van der Waals surface area (Å²) in [5.74, 6) is 0.228. The van der Waals surface area contributed by atoms with Gasteiger partial charge in [0.15, 0.2) is 0 Å². The second-order valence-electron chi connectivity index (χ2n) is 4.40. The molecule has 6 heteroatoms. The van der Waals surface area contributed by atoms with E-state index < -0.39 is 0 Å². The molecule has 0 atom stereocenters. The zero-order valence-electron chi connectivity index (χ0n) is 10.6. The monoisotopic (exact) mass is 382 g/mol. The van der Waals surface area contributed by atoms with Crippen molar-refractivity contribution >= 4 is 45.0 Å². The molecule has 3 rings (SSSR count). The number of hydrogen-bond donors (Lipinski definition) is 1. The van der Waals surface area contributed by atoms with Crippen LogP contribution in [0.1, 0.15) is 0 Å². The van der Waals surface area contributed by atoms with Crippen molar-refractivity contribution in [2.75, 3.05) is 5.73 Å². The summed E-state index contributed by atoms with van der Waals surface area (Å²) in [5.41, 5.74) is 8.76. The largest absolute Gasteiger partial charge is 0.367 e. The van der Waals surface area contributed by atoms with Crippen molar-refractivity contribution in [1.29, 1.82) is 0 Å². The fourth-order valence-corrected chi connectivity index (χ4v) is 3.04. The maximum absolute atomic E-state index is 6.29. The predicted molar refractivity (Wildman–Crippen MR) is 89.5 cm³/mol. The van der Waals surface area contributed by atoms with Gasteiger partial charge in [-0.05, 0) is 29.8 Å². The molecule has 0 saturated carbocycles. The molecule has 0 aliphatic heterocycles. The second-order valence-corrected chi connectivity index (χ2v) is 6.16. The lowest BCUT2D eigenvalue weighted by Crippen LogP contribution is -1.88. The van der Waals surface area contributed by atoms with Crippen LogP contribution in [0.15, 0.2) is 51.5 Å². The SMILES string of the molecule is Nc1onc(-c2ccc(Br)cc2Cl)c1-c1cccc(Cl)c1. The minimum absolute atomic E-state index is 0.228. The molecule has 1 aromatic heterocycles. The van der Waals surface area contributed by atoms with Crippen molar-refractivity contribution in [3.8, 4) is 22.4 Å². The normalized spacial score (nSPS) is 10.8. The number of hydrogen-bond acceptors (Lipinski definition) is 3. The summed E-state index contributed by atoms with van der Waals surface area (Å²) < 4.78 is 6.03. The molecule has 0 spiro atoms. The van der Waals surface area contributed by atoms with Gasteiger partial charge in [0.25, 0.3) is 0 Å². The van der Waals surface area contributed by atoms with Crippen LogP contribution in [-0.4, -0.2) is 5.16 Å². The van der Waals surface area contributed by atoms with Gasteiger partial charge in [0.1, 0.15) is 5.69 Å².